The number of carbonyl (C=O) groups excluding carboxylic acids is 1. The molecule has 0 radical (unpaired) electrons. The Kier molecular flexibility index (Phi) is 11.7. The van der Waals surface area contributed by atoms with E-state index in [1.165, 1.54) is 22.9 Å². The highest BCUT2D eigenvalue weighted by molar-refractivity contribution is 7.87. The summed E-state index contributed by atoms with van der Waals surface area (Å²) >= 11 is 0. The molecule has 1 amide bonds. The highest BCUT2D eigenvalue weighted by Crippen LogP contribution is 2.45. The third-order valence-corrected chi connectivity index (χ3v) is 11.6. The smallest absolute Gasteiger partial charge is 0.279 e. The molecule has 2 aromatic rings. The first-order valence-corrected chi connectivity index (χ1v) is 18.3. The van der Waals surface area contributed by atoms with Crippen LogP contribution in [0.1, 0.15) is 63.7 Å². The molecule has 0 bridgehead atoms. The highest BCUT2D eigenvalue weighted by atomic mass is 32.2. The van der Waals surface area contributed by atoms with E-state index in [1.807, 2.05) is 13.8 Å². The Morgan fingerprint density at radius 3 is 2.45 bits per heavy atom. The van der Waals surface area contributed by atoms with Crippen LogP contribution in [0.5, 0.6) is 11.5 Å². The SMILES string of the molecule is CC(C)N(CC(F)F)C(=O)c1cc(F)ccc1Oc1cncnc1N1CC2(CCN(C[C@@H]3CC[C@@H](NS(=O)(=O)N(C)C(C)C)CO3)CC2)C1. The number of alkyl halides is 2. The monoisotopic (exact) mass is 711 g/mol. The highest BCUT2D eigenvalue weighted by Gasteiger charge is 2.46. The van der Waals surface area contributed by atoms with Crippen molar-refractivity contribution in [3.8, 4) is 11.5 Å². The van der Waals surface area contributed by atoms with Crippen molar-refractivity contribution in [3.05, 3.63) is 42.1 Å². The van der Waals surface area contributed by atoms with E-state index in [-0.39, 0.29) is 40.7 Å². The number of piperidine rings is 1. The van der Waals surface area contributed by atoms with Gasteiger partial charge in [-0.2, -0.15) is 17.4 Å². The Bertz CT molecular complexity index is 1540. The lowest BCUT2D eigenvalue weighted by Crippen LogP contribution is -2.61. The molecular formula is C33H48F3N7O5S. The standard InChI is InChI=1S/C33H48F3N7O5S/c1-22(2)40(5)49(45,46)39-25-7-8-26(47-18-25)16-41-12-10-33(11-13-41)19-42(20-33)31-29(15-37-21-38-31)48-28-9-6-24(34)14-27(28)32(44)43(23(3)4)17-30(35)36/h6,9,14-15,21-23,25-26,30,39H,7-8,10-13,16-20H2,1-5H3/t25-,26+/m1/s1. The molecule has 0 unspecified atom stereocenters. The summed E-state index contributed by atoms with van der Waals surface area (Å²) in [6, 6.07) is 2.56. The van der Waals surface area contributed by atoms with Gasteiger partial charge in [0, 0.05) is 50.2 Å². The van der Waals surface area contributed by atoms with Crippen LogP contribution >= 0.6 is 0 Å². The van der Waals surface area contributed by atoms with Gasteiger partial charge in [0.15, 0.2) is 11.6 Å². The van der Waals surface area contributed by atoms with Gasteiger partial charge in [0.25, 0.3) is 22.5 Å². The summed E-state index contributed by atoms with van der Waals surface area (Å²) in [5, 5.41) is 0. The number of benzene rings is 1. The zero-order chi connectivity index (χ0) is 35.5. The number of hydrogen-bond donors (Lipinski definition) is 1. The van der Waals surface area contributed by atoms with E-state index in [0.717, 1.165) is 75.4 Å². The molecule has 4 heterocycles. The zero-order valence-corrected chi connectivity index (χ0v) is 29.6. The van der Waals surface area contributed by atoms with Crippen LogP contribution in [-0.4, -0.2) is 122 Å². The number of carbonyl (C=O) groups is 1. The van der Waals surface area contributed by atoms with Gasteiger partial charge in [0.1, 0.15) is 17.9 Å². The number of hydrogen-bond acceptors (Lipinski definition) is 9. The molecule has 1 spiro atoms. The van der Waals surface area contributed by atoms with Crippen molar-refractivity contribution in [2.24, 2.45) is 5.41 Å². The molecule has 2 atom stereocenters. The predicted octanol–water partition coefficient (Wildman–Crippen LogP) is 4.15. The van der Waals surface area contributed by atoms with Gasteiger partial charge in [-0.05, 0) is 84.7 Å². The molecule has 16 heteroatoms. The van der Waals surface area contributed by atoms with Crippen LogP contribution in [-0.2, 0) is 14.9 Å². The molecule has 3 aliphatic heterocycles. The van der Waals surface area contributed by atoms with E-state index in [1.54, 1.807) is 20.9 Å². The van der Waals surface area contributed by atoms with Gasteiger partial charge in [0.05, 0.1) is 31.0 Å². The van der Waals surface area contributed by atoms with Crippen LogP contribution < -0.4 is 14.4 Å². The van der Waals surface area contributed by atoms with Crippen molar-refractivity contribution in [1.82, 2.24) is 28.8 Å². The first kappa shape index (κ1) is 37.2. The minimum atomic E-state index is -3.55. The average Bonchev–Trinajstić information content (AvgIpc) is 3.04. The average molecular weight is 712 g/mol. The minimum absolute atomic E-state index is 0.0301. The van der Waals surface area contributed by atoms with Crippen molar-refractivity contribution in [1.29, 1.82) is 0 Å². The van der Waals surface area contributed by atoms with E-state index >= 15 is 0 Å². The summed E-state index contributed by atoms with van der Waals surface area (Å²) in [6.07, 6.45) is 3.71. The first-order chi connectivity index (χ1) is 23.2. The Morgan fingerprint density at radius 1 is 1.12 bits per heavy atom. The molecule has 3 fully saturated rings. The van der Waals surface area contributed by atoms with E-state index in [0.29, 0.717) is 12.4 Å². The Labute approximate surface area is 287 Å². The Balaban J connectivity index is 1.14. The van der Waals surface area contributed by atoms with Gasteiger partial charge in [-0.3, -0.25) is 4.79 Å². The number of anilines is 1. The van der Waals surface area contributed by atoms with Gasteiger partial charge < -0.3 is 24.2 Å². The molecule has 1 aromatic heterocycles. The summed E-state index contributed by atoms with van der Waals surface area (Å²) in [5.74, 6) is -0.586. The molecule has 1 N–H and O–H groups in total. The fraction of sp³-hybridized carbons (Fsp3) is 0.667. The quantitative estimate of drug-likeness (QED) is 0.327. The molecule has 5 rings (SSSR count). The van der Waals surface area contributed by atoms with Crippen molar-refractivity contribution < 1.29 is 35.9 Å². The number of ether oxygens (including phenoxy) is 2. The summed E-state index contributed by atoms with van der Waals surface area (Å²) in [6.45, 7) is 10.6. The van der Waals surface area contributed by atoms with Crippen LogP contribution in [0.25, 0.3) is 0 Å². The van der Waals surface area contributed by atoms with Crippen molar-refractivity contribution in [2.75, 3.05) is 57.8 Å². The maximum Gasteiger partial charge on any atom is 0.279 e. The summed E-state index contributed by atoms with van der Waals surface area (Å²) in [5.41, 5.74) is -0.0451. The van der Waals surface area contributed by atoms with Crippen molar-refractivity contribution >= 4 is 21.9 Å². The van der Waals surface area contributed by atoms with E-state index in [9.17, 15) is 26.4 Å². The minimum Gasteiger partial charge on any atom is -0.451 e. The van der Waals surface area contributed by atoms with Crippen LogP contribution in [0.3, 0.4) is 0 Å². The number of aromatic nitrogens is 2. The second-order valence-corrected chi connectivity index (χ2v) is 15.8. The van der Waals surface area contributed by atoms with Gasteiger partial charge >= 0.3 is 0 Å². The number of halogens is 3. The first-order valence-electron chi connectivity index (χ1n) is 16.9. The number of rotatable bonds is 13. The normalized spacial score (nSPS) is 21.5. The van der Waals surface area contributed by atoms with E-state index < -0.39 is 40.9 Å². The lowest BCUT2D eigenvalue weighted by Gasteiger charge is -2.54. The van der Waals surface area contributed by atoms with Crippen LogP contribution in [0.2, 0.25) is 0 Å². The molecule has 12 nitrogen and oxygen atoms in total. The molecule has 3 saturated heterocycles. The lowest BCUT2D eigenvalue weighted by atomic mass is 9.72. The Morgan fingerprint density at radius 2 is 1.84 bits per heavy atom. The largest absolute Gasteiger partial charge is 0.451 e. The number of amides is 1. The van der Waals surface area contributed by atoms with Crippen molar-refractivity contribution in [2.45, 2.75) is 84.0 Å². The number of nitrogens with zero attached hydrogens (tertiary/aromatic N) is 6. The second kappa shape index (κ2) is 15.5. The second-order valence-electron chi connectivity index (χ2n) is 14.0. The third-order valence-electron chi connectivity index (χ3n) is 9.79. The maximum absolute atomic E-state index is 14.3. The number of nitrogens with one attached hydrogen (secondary N) is 1. The fourth-order valence-electron chi connectivity index (χ4n) is 6.67. The molecule has 3 aliphatic rings. The van der Waals surface area contributed by atoms with Gasteiger partial charge in [-0.1, -0.05) is 0 Å². The van der Waals surface area contributed by atoms with Crippen LogP contribution in [0.15, 0.2) is 30.7 Å². The van der Waals surface area contributed by atoms with E-state index in [2.05, 4.69) is 24.5 Å². The summed E-state index contributed by atoms with van der Waals surface area (Å²) < 4.78 is 82.2. The summed E-state index contributed by atoms with van der Waals surface area (Å²) in [4.78, 5) is 27.4. The Hall–Kier alpha value is -3.05. The van der Waals surface area contributed by atoms with Crippen LogP contribution in [0.4, 0.5) is 19.0 Å². The molecular weight excluding hydrogens is 663 g/mol. The molecule has 0 aliphatic carbocycles. The van der Waals surface area contributed by atoms with Crippen molar-refractivity contribution in [3.63, 3.8) is 0 Å². The van der Waals surface area contributed by atoms with Gasteiger partial charge in [-0.25, -0.2) is 23.1 Å². The molecule has 1 aromatic carbocycles. The van der Waals surface area contributed by atoms with Gasteiger partial charge in [0.2, 0.25) is 0 Å². The lowest BCUT2D eigenvalue weighted by molar-refractivity contribution is -0.0301. The van der Waals surface area contributed by atoms with E-state index in [4.69, 9.17) is 9.47 Å². The zero-order valence-electron chi connectivity index (χ0n) is 28.8. The predicted molar refractivity (Wildman–Crippen MR) is 179 cm³/mol. The fourth-order valence-corrected chi connectivity index (χ4v) is 8.00. The van der Waals surface area contributed by atoms with Crippen LogP contribution in [0, 0.1) is 11.2 Å². The third kappa shape index (κ3) is 9.01. The molecule has 0 saturated carbocycles. The topological polar surface area (TPSA) is 120 Å². The summed E-state index contributed by atoms with van der Waals surface area (Å²) in [7, 11) is -1.98. The molecule has 49 heavy (non-hydrogen) atoms. The molecule has 272 valence electrons. The van der Waals surface area contributed by atoms with Gasteiger partial charge in [-0.15, -0.1) is 0 Å². The number of likely N-dealkylation sites (tertiary alicyclic amines) is 1. The maximum atomic E-state index is 14.3.